The molecule has 0 saturated heterocycles. The number of carbonyl (C=O) groups is 1. The van der Waals surface area contributed by atoms with Crippen molar-refractivity contribution in [2.45, 2.75) is 12.7 Å². The molecule has 0 N–H and O–H groups in total. The second-order valence-electron chi connectivity index (χ2n) is 5.87. The number of halogens is 4. The smallest absolute Gasteiger partial charge is 0.336 e. The molecule has 0 fully saturated rings. The topological polar surface area (TPSA) is 33.2 Å². The first-order chi connectivity index (χ1) is 12.8. The van der Waals surface area contributed by atoms with E-state index in [0.29, 0.717) is 10.6 Å². The van der Waals surface area contributed by atoms with Crippen molar-refractivity contribution >= 4 is 17.2 Å². The van der Waals surface area contributed by atoms with Crippen LogP contribution in [0.15, 0.2) is 53.9 Å². The lowest BCUT2D eigenvalue weighted by Gasteiger charge is -2.16. The number of amides is 1. The fourth-order valence-corrected chi connectivity index (χ4v) is 3.27. The van der Waals surface area contributed by atoms with Crippen molar-refractivity contribution in [3.05, 3.63) is 76.5 Å². The Hall–Kier alpha value is -2.74. The third-order valence-corrected chi connectivity index (χ3v) is 4.76. The van der Waals surface area contributed by atoms with E-state index in [0.717, 1.165) is 23.5 Å². The van der Waals surface area contributed by atoms with Gasteiger partial charge in [-0.1, -0.05) is 30.3 Å². The number of alkyl halides is 3. The van der Waals surface area contributed by atoms with Gasteiger partial charge in [-0.2, -0.15) is 13.2 Å². The third-order valence-electron chi connectivity index (χ3n) is 3.87. The molecule has 0 saturated carbocycles. The maximum Gasteiger partial charge on any atom is 0.416 e. The minimum absolute atomic E-state index is 0.0575. The zero-order valence-corrected chi connectivity index (χ0v) is 14.9. The van der Waals surface area contributed by atoms with Gasteiger partial charge in [0.1, 0.15) is 16.5 Å². The predicted octanol–water partition coefficient (Wildman–Crippen LogP) is 5.24. The Morgan fingerprint density at radius 3 is 2.59 bits per heavy atom. The van der Waals surface area contributed by atoms with Gasteiger partial charge in [-0.25, -0.2) is 9.37 Å². The fourth-order valence-electron chi connectivity index (χ4n) is 2.48. The normalized spacial score (nSPS) is 11.4. The molecule has 27 heavy (non-hydrogen) atoms. The van der Waals surface area contributed by atoms with Crippen LogP contribution in [0.4, 0.5) is 17.6 Å². The SMILES string of the molecule is CN(Cc1ccccc1F)C(=O)c1csc(-c2cccc(C(F)(F)F)c2)n1. The molecule has 8 heteroatoms. The van der Waals surface area contributed by atoms with Crippen molar-refractivity contribution in [1.29, 1.82) is 0 Å². The summed E-state index contributed by atoms with van der Waals surface area (Å²) in [5.41, 5.74) is -0.0293. The monoisotopic (exact) mass is 394 g/mol. The molecule has 2 aromatic carbocycles. The van der Waals surface area contributed by atoms with Crippen molar-refractivity contribution in [2.75, 3.05) is 7.05 Å². The number of thiazole rings is 1. The Labute approximate surface area is 156 Å². The van der Waals surface area contributed by atoms with Crippen LogP contribution in [0.5, 0.6) is 0 Å². The summed E-state index contributed by atoms with van der Waals surface area (Å²) in [6, 6.07) is 10.9. The van der Waals surface area contributed by atoms with Crippen LogP contribution in [0.3, 0.4) is 0 Å². The van der Waals surface area contributed by atoms with E-state index < -0.39 is 23.5 Å². The van der Waals surface area contributed by atoms with Crippen LogP contribution in [-0.4, -0.2) is 22.8 Å². The number of aromatic nitrogens is 1. The molecule has 3 aromatic rings. The molecule has 0 aliphatic carbocycles. The van der Waals surface area contributed by atoms with Gasteiger partial charge < -0.3 is 4.90 Å². The van der Waals surface area contributed by atoms with E-state index in [1.54, 1.807) is 18.2 Å². The van der Waals surface area contributed by atoms with Crippen LogP contribution in [0, 0.1) is 5.82 Å². The highest BCUT2D eigenvalue weighted by Gasteiger charge is 2.30. The average Bonchev–Trinajstić information content (AvgIpc) is 3.12. The van der Waals surface area contributed by atoms with Gasteiger partial charge in [0.15, 0.2) is 0 Å². The number of nitrogens with zero attached hydrogens (tertiary/aromatic N) is 2. The molecule has 0 spiro atoms. The molecular weight excluding hydrogens is 380 g/mol. The Kier molecular flexibility index (Phi) is 5.27. The van der Waals surface area contributed by atoms with Crippen LogP contribution in [0.1, 0.15) is 21.6 Å². The summed E-state index contributed by atoms with van der Waals surface area (Å²) in [5.74, 6) is -0.854. The number of carbonyl (C=O) groups excluding carboxylic acids is 1. The third kappa shape index (κ3) is 4.33. The van der Waals surface area contributed by atoms with Crippen molar-refractivity contribution in [3.8, 4) is 10.6 Å². The Bertz CT molecular complexity index is 968. The Balaban J connectivity index is 1.79. The van der Waals surface area contributed by atoms with E-state index in [9.17, 15) is 22.4 Å². The van der Waals surface area contributed by atoms with Crippen LogP contribution in [0.25, 0.3) is 10.6 Å². The molecule has 3 rings (SSSR count). The summed E-state index contributed by atoms with van der Waals surface area (Å²) >= 11 is 1.08. The maximum absolute atomic E-state index is 13.7. The minimum Gasteiger partial charge on any atom is -0.336 e. The zero-order chi connectivity index (χ0) is 19.6. The van der Waals surface area contributed by atoms with Crippen molar-refractivity contribution in [1.82, 2.24) is 9.88 Å². The summed E-state index contributed by atoms with van der Waals surface area (Å²) in [6.45, 7) is 0.0575. The summed E-state index contributed by atoms with van der Waals surface area (Å²) < 4.78 is 52.3. The van der Waals surface area contributed by atoms with Crippen molar-refractivity contribution in [3.63, 3.8) is 0 Å². The predicted molar refractivity (Wildman–Crippen MR) is 94.7 cm³/mol. The van der Waals surface area contributed by atoms with Crippen LogP contribution in [-0.2, 0) is 12.7 Å². The molecule has 140 valence electrons. The summed E-state index contributed by atoms with van der Waals surface area (Å²) in [6.07, 6.45) is -4.45. The minimum atomic E-state index is -4.45. The molecule has 3 nitrogen and oxygen atoms in total. The van der Waals surface area contributed by atoms with Gasteiger partial charge in [0.25, 0.3) is 5.91 Å². The lowest BCUT2D eigenvalue weighted by Crippen LogP contribution is -2.26. The second kappa shape index (κ2) is 7.48. The first kappa shape index (κ1) is 19.0. The zero-order valence-electron chi connectivity index (χ0n) is 14.1. The number of benzene rings is 2. The molecule has 0 aliphatic rings. The largest absolute Gasteiger partial charge is 0.416 e. The van der Waals surface area contributed by atoms with E-state index in [4.69, 9.17) is 0 Å². The molecule has 1 heterocycles. The maximum atomic E-state index is 13.7. The van der Waals surface area contributed by atoms with Gasteiger partial charge in [-0.05, 0) is 18.2 Å². The standard InChI is InChI=1S/C19H14F4N2OS/c1-25(10-13-5-2-3-8-15(13)20)18(26)16-11-27-17(24-16)12-6-4-7-14(9-12)19(21,22)23/h2-9,11H,10H2,1H3. The van der Waals surface area contributed by atoms with Crippen LogP contribution < -0.4 is 0 Å². The highest BCUT2D eigenvalue weighted by molar-refractivity contribution is 7.13. The van der Waals surface area contributed by atoms with Crippen LogP contribution in [0.2, 0.25) is 0 Å². The van der Waals surface area contributed by atoms with E-state index in [1.807, 2.05) is 0 Å². The van der Waals surface area contributed by atoms with E-state index >= 15 is 0 Å². The van der Waals surface area contributed by atoms with E-state index in [2.05, 4.69) is 4.98 Å². The first-order valence-corrected chi connectivity index (χ1v) is 8.75. The second-order valence-corrected chi connectivity index (χ2v) is 6.73. The number of hydrogen-bond donors (Lipinski definition) is 0. The van der Waals surface area contributed by atoms with Gasteiger partial charge in [0.2, 0.25) is 0 Å². The lowest BCUT2D eigenvalue weighted by molar-refractivity contribution is -0.137. The Morgan fingerprint density at radius 1 is 1.15 bits per heavy atom. The molecule has 0 bridgehead atoms. The quantitative estimate of drug-likeness (QED) is 0.567. The molecule has 0 radical (unpaired) electrons. The first-order valence-electron chi connectivity index (χ1n) is 7.88. The van der Waals surface area contributed by atoms with Crippen molar-refractivity contribution in [2.24, 2.45) is 0 Å². The fraction of sp³-hybridized carbons (Fsp3) is 0.158. The van der Waals surface area contributed by atoms with Crippen molar-refractivity contribution < 1.29 is 22.4 Å². The number of hydrogen-bond acceptors (Lipinski definition) is 3. The summed E-state index contributed by atoms with van der Waals surface area (Å²) in [4.78, 5) is 18.0. The molecule has 0 unspecified atom stereocenters. The van der Waals surface area contributed by atoms with Gasteiger partial charge in [0.05, 0.1) is 5.56 Å². The van der Waals surface area contributed by atoms with Gasteiger partial charge in [-0.3, -0.25) is 4.79 Å². The summed E-state index contributed by atoms with van der Waals surface area (Å²) in [7, 11) is 1.51. The summed E-state index contributed by atoms with van der Waals surface area (Å²) in [5, 5.41) is 1.79. The van der Waals surface area contributed by atoms with Gasteiger partial charge in [0, 0.05) is 30.1 Å². The highest BCUT2D eigenvalue weighted by Crippen LogP contribution is 2.33. The van der Waals surface area contributed by atoms with Crippen LogP contribution >= 0.6 is 11.3 Å². The van der Waals surface area contributed by atoms with Gasteiger partial charge in [-0.15, -0.1) is 11.3 Å². The molecule has 1 aromatic heterocycles. The number of rotatable bonds is 4. The Morgan fingerprint density at radius 2 is 1.89 bits per heavy atom. The molecule has 0 atom stereocenters. The average molecular weight is 394 g/mol. The lowest BCUT2D eigenvalue weighted by atomic mass is 10.1. The highest BCUT2D eigenvalue weighted by atomic mass is 32.1. The van der Waals surface area contributed by atoms with E-state index in [1.165, 1.54) is 35.5 Å². The molecular formula is C19H14F4N2OS. The van der Waals surface area contributed by atoms with E-state index in [-0.39, 0.29) is 17.8 Å². The molecule has 1 amide bonds. The molecule has 0 aliphatic heterocycles. The van der Waals surface area contributed by atoms with Gasteiger partial charge >= 0.3 is 6.18 Å².